The van der Waals surface area contributed by atoms with E-state index in [9.17, 15) is 10.1 Å². The van der Waals surface area contributed by atoms with Crippen molar-refractivity contribution in [1.29, 1.82) is 5.26 Å². The number of benzene rings is 2. The van der Waals surface area contributed by atoms with Crippen molar-refractivity contribution in [1.82, 2.24) is 19.8 Å². The van der Waals surface area contributed by atoms with Crippen LogP contribution in [0.15, 0.2) is 67.0 Å². The third-order valence-electron chi connectivity index (χ3n) is 7.52. The molecule has 1 saturated heterocycles. The first kappa shape index (κ1) is 22.3. The Morgan fingerprint density at radius 3 is 2.08 bits per heavy atom. The van der Waals surface area contributed by atoms with E-state index in [2.05, 4.69) is 21.2 Å². The lowest BCUT2D eigenvalue weighted by Crippen LogP contribution is -2.54. The van der Waals surface area contributed by atoms with Crippen LogP contribution in [0.25, 0.3) is 11.4 Å². The van der Waals surface area contributed by atoms with Crippen LogP contribution < -0.4 is 5.01 Å². The van der Waals surface area contributed by atoms with Crippen LogP contribution in [0.4, 0.5) is 0 Å². The van der Waals surface area contributed by atoms with E-state index in [4.69, 9.17) is 0 Å². The molecule has 0 spiro atoms. The van der Waals surface area contributed by atoms with Crippen molar-refractivity contribution in [2.75, 3.05) is 31.2 Å². The van der Waals surface area contributed by atoms with Gasteiger partial charge in [0, 0.05) is 13.1 Å². The number of amides is 1. The Balaban J connectivity index is 1.26. The van der Waals surface area contributed by atoms with Crippen molar-refractivity contribution in [3.63, 3.8) is 0 Å². The summed E-state index contributed by atoms with van der Waals surface area (Å²) in [5.74, 6) is -0.194. The molecule has 1 fully saturated rings. The number of carbonyl (C=O) groups excluding carboxylic acids is 1. The molecule has 0 saturated carbocycles. The number of piperazine rings is 1. The van der Waals surface area contributed by atoms with Gasteiger partial charge in [0.15, 0.2) is 0 Å². The molecule has 2 aliphatic heterocycles. The molecule has 2 heterocycles. The van der Waals surface area contributed by atoms with E-state index in [0.717, 1.165) is 53.8 Å². The van der Waals surface area contributed by atoms with E-state index in [-0.39, 0.29) is 11.8 Å². The number of fused-ring (bicyclic) bond motifs is 3. The second kappa shape index (κ2) is 9.46. The number of hydrogen-bond donors (Lipinski definition) is 0. The molecule has 0 unspecified atom stereocenters. The van der Waals surface area contributed by atoms with Gasteiger partial charge in [0.05, 0.1) is 24.6 Å². The summed E-state index contributed by atoms with van der Waals surface area (Å²) in [6.07, 6.45) is 5.66. The van der Waals surface area contributed by atoms with Crippen LogP contribution in [0.3, 0.4) is 0 Å². The normalized spacial score (nSPS) is 15.7. The van der Waals surface area contributed by atoms with Gasteiger partial charge in [-0.3, -0.25) is 9.80 Å². The molecule has 0 aromatic heterocycles. The maximum atomic E-state index is 13.8. The largest absolute Gasteiger partial charge is 0.338 e. The number of hydrogen-bond acceptors (Lipinski definition) is 5. The van der Waals surface area contributed by atoms with E-state index >= 15 is 0 Å². The van der Waals surface area contributed by atoms with Crippen LogP contribution in [-0.4, -0.2) is 51.9 Å². The maximum Gasteiger partial charge on any atom is 0.234 e. The highest BCUT2D eigenvalue weighted by atomic mass is 16.2. The van der Waals surface area contributed by atoms with Crippen LogP contribution in [0, 0.1) is 11.3 Å². The minimum atomic E-state index is -0.322. The van der Waals surface area contributed by atoms with E-state index in [0.29, 0.717) is 31.7 Å². The second-order valence-corrected chi connectivity index (χ2v) is 9.53. The van der Waals surface area contributed by atoms with Crippen molar-refractivity contribution in [2.45, 2.75) is 31.6 Å². The lowest BCUT2D eigenvalue weighted by Gasteiger charge is -2.38. The quantitative estimate of drug-likeness (QED) is 0.448. The highest BCUT2D eigenvalue weighted by molar-refractivity contribution is 5.87. The molecule has 180 valence electrons. The van der Waals surface area contributed by atoms with Gasteiger partial charge in [0.2, 0.25) is 5.91 Å². The third-order valence-corrected chi connectivity index (χ3v) is 7.52. The molecule has 7 nitrogen and oxygen atoms in total. The molecule has 0 N–H and O–H groups in total. The van der Waals surface area contributed by atoms with E-state index < -0.39 is 0 Å². The van der Waals surface area contributed by atoms with Gasteiger partial charge in [0.1, 0.15) is 23.8 Å². The number of nitrogens with zero attached hydrogens (tertiary/aromatic N) is 6. The van der Waals surface area contributed by atoms with Crippen molar-refractivity contribution < 1.29 is 4.79 Å². The van der Waals surface area contributed by atoms with Gasteiger partial charge in [-0.1, -0.05) is 60.7 Å². The first-order valence-corrected chi connectivity index (χ1v) is 12.7. The van der Waals surface area contributed by atoms with Gasteiger partial charge < -0.3 is 4.90 Å². The van der Waals surface area contributed by atoms with Gasteiger partial charge in [-0.2, -0.15) is 10.1 Å². The minimum absolute atomic E-state index is 0.127. The van der Waals surface area contributed by atoms with E-state index in [1.165, 1.54) is 5.56 Å². The second-order valence-electron chi connectivity index (χ2n) is 9.53. The molecule has 1 amide bonds. The standard InChI is InChI=1S/C29H28N6O/c30-19-25-23-13-7-8-14-24(23)28-27(25)31-20-32-35(28)34-17-15-33(16-18-34)29(36)26(21-9-3-1-4-10-21)22-11-5-2-6-12-22/h1-6,9-12,20,26H,7-8,13-18H2. The van der Waals surface area contributed by atoms with Crippen molar-refractivity contribution in [3.05, 3.63) is 94.8 Å². The SMILES string of the molecule is N#Cc1c2ncnn(N3CCN(C(=O)C(c4ccccc4)c4ccccc4)CC3)c-2c2c1CCCC2. The fourth-order valence-electron chi connectivity index (χ4n) is 5.77. The van der Waals surface area contributed by atoms with Crippen LogP contribution in [0.1, 0.15) is 46.6 Å². The molecule has 0 bridgehead atoms. The zero-order chi connectivity index (χ0) is 24.5. The maximum absolute atomic E-state index is 13.8. The number of aromatic nitrogens is 3. The van der Waals surface area contributed by atoms with Crippen LogP contribution >= 0.6 is 0 Å². The lowest BCUT2D eigenvalue weighted by molar-refractivity contribution is -0.132. The topological polar surface area (TPSA) is 78.1 Å². The summed E-state index contributed by atoms with van der Waals surface area (Å²) in [5, 5.41) is 16.6. The Labute approximate surface area is 210 Å². The first-order chi connectivity index (χ1) is 17.8. The average molecular weight is 477 g/mol. The van der Waals surface area contributed by atoms with E-state index in [1.807, 2.05) is 70.4 Å². The van der Waals surface area contributed by atoms with Gasteiger partial charge in [-0.25, -0.2) is 4.98 Å². The van der Waals surface area contributed by atoms with Gasteiger partial charge in [0.25, 0.3) is 0 Å². The molecule has 2 aromatic rings. The average Bonchev–Trinajstić information content (AvgIpc) is 3.28. The molecule has 6 rings (SSSR count). The lowest BCUT2D eigenvalue weighted by atomic mass is 9.90. The Kier molecular flexibility index (Phi) is 5.86. The van der Waals surface area contributed by atoms with Crippen molar-refractivity contribution in [3.8, 4) is 17.5 Å². The Bertz CT molecular complexity index is 1340. The summed E-state index contributed by atoms with van der Waals surface area (Å²) < 4.78 is 0. The molecule has 7 heteroatoms. The zero-order valence-electron chi connectivity index (χ0n) is 20.2. The first-order valence-electron chi connectivity index (χ1n) is 12.7. The number of nitriles is 1. The summed E-state index contributed by atoms with van der Waals surface area (Å²) in [7, 11) is 0. The number of carbonyl (C=O) groups is 1. The zero-order valence-corrected chi connectivity index (χ0v) is 20.2. The third kappa shape index (κ3) is 3.79. The fraction of sp³-hybridized carbons (Fsp3) is 0.310. The Morgan fingerprint density at radius 1 is 0.861 bits per heavy atom. The predicted octanol–water partition coefficient (Wildman–Crippen LogP) is 3.75. The molecule has 0 radical (unpaired) electrons. The summed E-state index contributed by atoms with van der Waals surface area (Å²) in [5.41, 5.74) is 6.82. The molecular weight excluding hydrogens is 448 g/mol. The predicted molar refractivity (Wildman–Crippen MR) is 137 cm³/mol. The molecule has 0 atom stereocenters. The van der Waals surface area contributed by atoms with Gasteiger partial charge in [-0.15, -0.1) is 5.10 Å². The summed E-state index contributed by atoms with van der Waals surface area (Å²) in [6, 6.07) is 22.4. The summed E-state index contributed by atoms with van der Waals surface area (Å²) in [6.45, 7) is 2.56. The minimum Gasteiger partial charge on any atom is -0.338 e. The van der Waals surface area contributed by atoms with Crippen molar-refractivity contribution in [2.24, 2.45) is 0 Å². The monoisotopic (exact) mass is 476 g/mol. The molecule has 36 heavy (non-hydrogen) atoms. The smallest absolute Gasteiger partial charge is 0.234 e. The van der Waals surface area contributed by atoms with Crippen molar-refractivity contribution >= 4 is 5.91 Å². The van der Waals surface area contributed by atoms with Crippen LogP contribution in [0.2, 0.25) is 0 Å². The van der Waals surface area contributed by atoms with Gasteiger partial charge >= 0.3 is 0 Å². The molecule has 4 aliphatic rings. The number of rotatable bonds is 4. The molecular formula is C29H28N6O. The van der Waals surface area contributed by atoms with Crippen LogP contribution in [-0.2, 0) is 17.6 Å². The van der Waals surface area contributed by atoms with Gasteiger partial charge in [-0.05, 0) is 47.9 Å². The highest BCUT2D eigenvalue weighted by Gasteiger charge is 2.33. The van der Waals surface area contributed by atoms with E-state index in [1.54, 1.807) is 6.33 Å². The summed E-state index contributed by atoms with van der Waals surface area (Å²) in [4.78, 5) is 22.2. The Morgan fingerprint density at radius 2 is 1.47 bits per heavy atom. The molecule has 2 aromatic carbocycles. The fourth-order valence-corrected chi connectivity index (χ4v) is 5.77. The Hall–Kier alpha value is -4.18. The highest BCUT2D eigenvalue weighted by Crippen LogP contribution is 2.39. The molecule has 2 aliphatic carbocycles. The summed E-state index contributed by atoms with van der Waals surface area (Å²) >= 11 is 0. The van der Waals surface area contributed by atoms with Crippen LogP contribution in [0.5, 0.6) is 0 Å².